The average molecular weight is 424 g/mol. The Morgan fingerprint density at radius 1 is 1.17 bits per heavy atom. The zero-order valence-corrected chi connectivity index (χ0v) is 18.9. The van der Waals surface area contributed by atoms with Crippen molar-refractivity contribution in [1.82, 2.24) is 4.90 Å². The highest BCUT2D eigenvalue weighted by molar-refractivity contribution is 8.15. The minimum Gasteiger partial charge on any atom is -0.497 e. The Morgan fingerprint density at radius 3 is 2.60 bits per heavy atom. The number of hydrogen-bond acceptors (Lipinski definition) is 5. The molecule has 2 aromatic rings. The van der Waals surface area contributed by atoms with Crippen LogP contribution in [0.25, 0.3) is 0 Å². The second-order valence-corrected chi connectivity index (χ2v) is 8.68. The van der Waals surface area contributed by atoms with E-state index in [0.29, 0.717) is 11.7 Å². The van der Waals surface area contributed by atoms with Crippen LogP contribution in [0, 0.1) is 13.8 Å². The van der Waals surface area contributed by atoms with Gasteiger partial charge in [0.05, 0.1) is 25.1 Å². The molecule has 0 unspecified atom stereocenters. The van der Waals surface area contributed by atoms with Crippen LogP contribution in [0.1, 0.15) is 48.4 Å². The summed E-state index contributed by atoms with van der Waals surface area (Å²) in [7, 11) is 1.65. The molecule has 1 aliphatic heterocycles. The summed E-state index contributed by atoms with van der Waals surface area (Å²) in [5.74, 6) is 0.915. The molecule has 0 N–H and O–H groups in total. The molecule has 1 saturated heterocycles. The fourth-order valence-corrected chi connectivity index (χ4v) is 4.47. The SMILES string of the molecule is CCCC[C@@H]1S/C(=N\N=C/c2ccc(C)cc2C)N(Cc2ccc(OC)cc2)C1=O. The zero-order chi connectivity index (χ0) is 21.5. The van der Waals surface area contributed by atoms with E-state index >= 15 is 0 Å². The van der Waals surface area contributed by atoms with E-state index in [2.05, 4.69) is 43.1 Å². The Hall–Kier alpha value is -2.60. The van der Waals surface area contributed by atoms with Crippen molar-refractivity contribution in [2.75, 3.05) is 7.11 Å². The van der Waals surface area contributed by atoms with E-state index in [1.165, 1.54) is 17.3 Å². The number of carbonyl (C=O) groups is 1. The van der Waals surface area contributed by atoms with E-state index in [0.717, 1.165) is 41.7 Å². The van der Waals surface area contributed by atoms with Crippen molar-refractivity contribution in [3.05, 3.63) is 64.7 Å². The zero-order valence-electron chi connectivity index (χ0n) is 18.1. The van der Waals surface area contributed by atoms with Crippen molar-refractivity contribution < 1.29 is 9.53 Å². The molecule has 3 rings (SSSR count). The topological polar surface area (TPSA) is 54.3 Å². The standard InChI is InChI=1S/C24H29N3O2S/c1-5-6-7-22-23(28)27(16-19-9-12-21(29-4)13-10-19)24(30-22)26-25-15-20-11-8-17(2)14-18(20)3/h8-15,22H,5-7,16H2,1-4H3/b25-15-,26-24-/t22-/m0/s1. The van der Waals surface area contributed by atoms with Gasteiger partial charge in [-0.2, -0.15) is 5.10 Å². The third-order valence-electron chi connectivity index (χ3n) is 5.11. The normalized spacial score (nSPS) is 18.0. The molecule has 0 saturated carbocycles. The quantitative estimate of drug-likeness (QED) is 0.426. The van der Waals surface area contributed by atoms with Gasteiger partial charge in [-0.1, -0.05) is 67.4 Å². The molecule has 1 fully saturated rings. The molecular formula is C24H29N3O2S. The van der Waals surface area contributed by atoms with Gasteiger partial charge in [0.15, 0.2) is 5.17 Å². The van der Waals surface area contributed by atoms with Gasteiger partial charge in [-0.3, -0.25) is 9.69 Å². The number of ether oxygens (including phenoxy) is 1. The molecule has 0 radical (unpaired) electrons. The first-order chi connectivity index (χ1) is 14.5. The lowest BCUT2D eigenvalue weighted by molar-refractivity contribution is -0.126. The van der Waals surface area contributed by atoms with Crippen LogP contribution in [0.4, 0.5) is 0 Å². The Bertz CT molecular complexity index is 938. The lowest BCUT2D eigenvalue weighted by Gasteiger charge is -2.16. The van der Waals surface area contributed by atoms with Crippen molar-refractivity contribution in [3.63, 3.8) is 0 Å². The van der Waals surface area contributed by atoms with Gasteiger partial charge in [0.1, 0.15) is 5.75 Å². The second kappa shape index (κ2) is 10.4. The van der Waals surface area contributed by atoms with Crippen molar-refractivity contribution in [3.8, 4) is 5.75 Å². The van der Waals surface area contributed by atoms with Crippen LogP contribution in [0.15, 0.2) is 52.7 Å². The predicted octanol–water partition coefficient (Wildman–Crippen LogP) is 5.34. The number of aryl methyl sites for hydroxylation is 2. The van der Waals surface area contributed by atoms with Gasteiger partial charge in [0, 0.05) is 0 Å². The van der Waals surface area contributed by atoms with E-state index in [9.17, 15) is 4.79 Å². The van der Waals surface area contributed by atoms with Crippen LogP contribution in [-0.2, 0) is 11.3 Å². The molecule has 2 aromatic carbocycles. The molecule has 0 spiro atoms. The predicted molar refractivity (Wildman–Crippen MR) is 125 cm³/mol. The van der Waals surface area contributed by atoms with Gasteiger partial charge < -0.3 is 4.74 Å². The Balaban J connectivity index is 1.81. The number of thioether (sulfide) groups is 1. The van der Waals surface area contributed by atoms with Crippen LogP contribution in [0.3, 0.4) is 0 Å². The van der Waals surface area contributed by atoms with Crippen LogP contribution < -0.4 is 4.74 Å². The number of hydrogen-bond donors (Lipinski definition) is 0. The van der Waals surface area contributed by atoms with E-state index < -0.39 is 0 Å². The maximum absolute atomic E-state index is 13.0. The molecule has 1 aliphatic rings. The van der Waals surface area contributed by atoms with Gasteiger partial charge in [-0.05, 0) is 49.1 Å². The summed E-state index contributed by atoms with van der Waals surface area (Å²) < 4.78 is 5.23. The van der Waals surface area contributed by atoms with Gasteiger partial charge in [0.25, 0.3) is 0 Å². The Kier molecular flexibility index (Phi) is 7.69. The smallest absolute Gasteiger partial charge is 0.242 e. The molecular weight excluding hydrogens is 394 g/mol. The van der Waals surface area contributed by atoms with E-state index in [1.54, 1.807) is 18.2 Å². The number of rotatable bonds is 8. The van der Waals surface area contributed by atoms with Crippen LogP contribution >= 0.6 is 11.8 Å². The van der Waals surface area contributed by atoms with E-state index in [1.807, 2.05) is 30.3 Å². The molecule has 1 heterocycles. The number of unbranched alkanes of at least 4 members (excludes halogenated alkanes) is 1. The molecule has 1 amide bonds. The van der Waals surface area contributed by atoms with Crippen molar-refractivity contribution in [1.29, 1.82) is 0 Å². The lowest BCUT2D eigenvalue weighted by atomic mass is 10.1. The van der Waals surface area contributed by atoms with Crippen molar-refractivity contribution in [2.45, 2.75) is 51.8 Å². The maximum Gasteiger partial charge on any atom is 0.242 e. The average Bonchev–Trinajstić information content (AvgIpc) is 3.03. The highest BCUT2D eigenvalue weighted by atomic mass is 32.2. The number of nitrogens with zero attached hydrogens (tertiary/aromatic N) is 3. The summed E-state index contributed by atoms with van der Waals surface area (Å²) in [5, 5.41) is 9.32. The summed E-state index contributed by atoms with van der Waals surface area (Å²) in [6.07, 6.45) is 4.72. The second-order valence-electron chi connectivity index (χ2n) is 7.51. The fourth-order valence-electron chi connectivity index (χ4n) is 3.33. The van der Waals surface area contributed by atoms with Gasteiger partial charge >= 0.3 is 0 Å². The molecule has 158 valence electrons. The summed E-state index contributed by atoms with van der Waals surface area (Å²) >= 11 is 1.52. The minimum atomic E-state index is -0.0849. The first-order valence-corrected chi connectivity index (χ1v) is 11.2. The number of benzene rings is 2. The van der Waals surface area contributed by atoms with Crippen LogP contribution in [0.2, 0.25) is 0 Å². The van der Waals surface area contributed by atoms with Crippen molar-refractivity contribution in [2.24, 2.45) is 10.2 Å². The molecule has 5 nitrogen and oxygen atoms in total. The van der Waals surface area contributed by atoms with E-state index in [4.69, 9.17) is 4.74 Å². The molecule has 1 atom stereocenters. The lowest BCUT2D eigenvalue weighted by Crippen LogP contribution is -2.31. The van der Waals surface area contributed by atoms with E-state index in [-0.39, 0.29) is 11.2 Å². The number of amides is 1. The fraction of sp³-hybridized carbons (Fsp3) is 0.375. The first kappa shape index (κ1) is 22.1. The highest BCUT2D eigenvalue weighted by Crippen LogP contribution is 2.32. The molecule has 30 heavy (non-hydrogen) atoms. The summed E-state index contributed by atoms with van der Waals surface area (Å²) in [6, 6.07) is 14.0. The molecule has 0 aromatic heterocycles. The monoisotopic (exact) mass is 423 g/mol. The maximum atomic E-state index is 13.0. The van der Waals surface area contributed by atoms with Gasteiger partial charge in [0.2, 0.25) is 5.91 Å². The number of methoxy groups -OCH3 is 1. The first-order valence-electron chi connectivity index (χ1n) is 10.3. The highest BCUT2D eigenvalue weighted by Gasteiger charge is 2.37. The third-order valence-corrected chi connectivity index (χ3v) is 6.34. The molecule has 6 heteroatoms. The Morgan fingerprint density at radius 2 is 1.93 bits per heavy atom. The minimum absolute atomic E-state index is 0.0849. The molecule has 0 bridgehead atoms. The van der Waals surface area contributed by atoms with Gasteiger partial charge in [-0.15, -0.1) is 5.10 Å². The number of carbonyl (C=O) groups excluding carboxylic acids is 1. The largest absolute Gasteiger partial charge is 0.497 e. The summed E-state index contributed by atoms with van der Waals surface area (Å²) in [4.78, 5) is 14.8. The Labute approximate surface area is 183 Å². The van der Waals surface area contributed by atoms with Crippen LogP contribution in [0.5, 0.6) is 5.75 Å². The summed E-state index contributed by atoms with van der Waals surface area (Å²) in [5.41, 5.74) is 4.44. The third kappa shape index (κ3) is 5.51. The number of amidine groups is 1. The summed E-state index contributed by atoms with van der Waals surface area (Å²) in [6.45, 7) is 6.76. The van der Waals surface area contributed by atoms with Gasteiger partial charge in [-0.25, -0.2) is 0 Å². The van der Waals surface area contributed by atoms with Crippen molar-refractivity contribution >= 4 is 29.1 Å². The van der Waals surface area contributed by atoms with Crippen LogP contribution in [-0.4, -0.2) is 34.5 Å². The molecule has 0 aliphatic carbocycles.